The number of hydrogen-bond donors (Lipinski definition) is 1. The van der Waals surface area contributed by atoms with Gasteiger partial charge in [0.2, 0.25) is 0 Å². The average molecular weight is 286 g/mol. The summed E-state index contributed by atoms with van der Waals surface area (Å²) < 4.78 is 10.5. The zero-order valence-electron chi connectivity index (χ0n) is 12.1. The van der Waals surface area contributed by atoms with E-state index in [-0.39, 0.29) is 6.42 Å². The van der Waals surface area contributed by atoms with Crippen LogP contribution in [0.15, 0.2) is 42.5 Å². The van der Waals surface area contributed by atoms with E-state index in [1.54, 1.807) is 14.2 Å². The number of carboxylic acids is 1. The van der Waals surface area contributed by atoms with Gasteiger partial charge in [-0.3, -0.25) is 4.79 Å². The van der Waals surface area contributed by atoms with Crippen molar-refractivity contribution >= 4 is 5.97 Å². The number of aliphatic carboxylic acids is 1. The molecule has 2 aromatic rings. The Morgan fingerprint density at radius 2 is 1.57 bits per heavy atom. The molecule has 4 heteroatoms. The second-order valence-corrected chi connectivity index (χ2v) is 4.66. The highest BCUT2D eigenvalue weighted by molar-refractivity contribution is 5.68. The molecule has 2 aromatic carbocycles. The lowest BCUT2D eigenvalue weighted by atomic mass is 10.0. The minimum absolute atomic E-state index is 0.149. The van der Waals surface area contributed by atoms with Crippen molar-refractivity contribution < 1.29 is 19.4 Å². The molecule has 0 amide bonds. The highest BCUT2D eigenvalue weighted by Gasteiger charge is 2.06. The fourth-order valence-electron chi connectivity index (χ4n) is 2.13. The first-order valence-electron chi connectivity index (χ1n) is 6.67. The molecule has 21 heavy (non-hydrogen) atoms. The van der Waals surface area contributed by atoms with Crippen LogP contribution in [0.3, 0.4) is 0 Å². The summed E-state index contributed by atoms with van der Waals surface area (Å²) in [6.45, 7) is 0. The van der Waals surface area contributed by atoms with Crippen LogP contribution in [0.1, 0.15) is 12.0 Å². The van der Waals surface area contributed by atoms with Crippen LogP contribution >= 0.6 is 0 Å². The highest BCUT2D eigenvalue weighted by atomic mass is 16.5. The molecule has 0 bridgehead atoms. The fourth-order valence-corrected chi connectivity index (χ4v) is 2.13. The van der Waals surface area contributed by atoms with E-state index in [0.717, 1.165) is 16.7 Å². The number of ether oxygens (including phenoxy) is 2. The Morgan fingerprint density at radius 1 is 0.952 bits per heavy atom. The third-order valence-electron chi connectivity index (χ3n) is 3.30. The maximum absolute atomic E-state index is 10.6. The van der Waals surface area contributed by atoms with Crippen molar-refractivity contribution in [2.75, 3.05) is 14.2 Å². The summed E-state index contributed by atoms with van der Waals surface area (Å²) in [7, 11) is 3.21. The SMILES string of the molecule is COc1ccc(-c2ccc(CCC(=O)O)cc2)cc1OC. The van der Waals surface area contributed by atoms with E-state index in [4.69, 9.17) is 14.6 Å². The molecule has 0 heterocycles. The van der Waals surface area contributed by atoms with Crippen LogP contribution in [0.25, 0.3) is 11.1 Å². The molecule has 0 spiro atoms. The van der Waals surface area contributed by atoms with Crippen LogP contribution < -0.4 is 9.47 Å². The molecule has 110 valence electrons. The van der Waals surface area contributed by atoms with Crippen LogP contribution in [0.2, 0.25) is 0 Å². The normalized spacial score (nSPS) is 10.2. The first-order valence-corrected chi connectivity index (χ1v) is 6.67. The predicted octanol–water partition coefficient (Wildman–Crippen LogP) is 3.39. The predicted molar refractivity (Wildman–Crippen MR) is 80.9 cm³/mol. The molecule has 0 saturated heterocycles. The van der Waals surface area contributed by atoms with E-state index in [1.165, 1.54) is 0 Å². The maximum atomic E-state index is 10.6. The van der Waals surface area contributed by atoms with E-state index in [2.05, 4.69) is 0 Å². The van der Waals surface area contributed by atoms with Gasteiger partial charge in [-0.05, 0) is 35.2 Å². The van der Waals surface area contributed by atoms with Gasteiger partial charge in [-0.2, -0.15) is 0 Å². The number of hydrogen-bond acceptors (Lipinski definition) is 3. The van der Waals surface area contributed by atoms with Gasteiger partial charge in [0.15, 0.2) is 11.5 Å². The Bertz CT molecular complexity index is 617. The summed E-state index contributed by atoms with van der Waals surface area (Å²) in [5, 5.41) is 8.69. The van der Waals surface area contributed by atoms with Gasteiger partial charge in [-0.1, -0.05) is 30.3 Å². The molecule has 2 rings (SSSR count). The second-order valence-electron chi connectivity index (χ2n) is 4.66. The third-order valence-corrected chi connectivity index (χ3v) is 3.30. The Morgan fingerprint density at radius 3 is 2.14 bits per heavy atom. The van der Waals surface area contributed by atoms with Gasteiger partial charge in [0.05, 0.1) is 14.2 Å². The van der Waals surface area contributed by atoms with Gasteiger partial charge >= 0.3 is 5.97 Å². The number of aryl methyl sites for hydroxylation is 1. The minimum atomic E-state index is -0.779. The summed E-state index contributed by atoms with van der Waals surface area (Å²) in [6, 6.07) is 13.6. The number of benzene rings is 2. The van der Waals surface area contributed by atoms with Crippen LogP contribution in [0.5, 0.6) is 11.5 Å². The van der Waals surface area contributed by atoms with E-state index in [1.807, 2.05) is 42.5 Å². The average Bonchev–Trinajstić information content (AvgIpc) is 2.52. The molecule has 0 aliphatic heterocycles. The largest absolute Gasteiger partial charge is 0.493 e. The molecule has 4 nitrogen and oxygen atoms in total. The zero-order chi connectivity index (χ0) is 15.2. The van der Waals surface area contributed by atoms with Gasteiger partial charge in [0.25, 0.3) is 0 Å². The van der Waals surface area contributed by atoms with E-state index in [0.29, 0.717) is 17.9 Å². The Balaban J connectivity index is 2.20. The van der Waals surface area contributed by atoms with E-state index < -0.39 is 5.97 Å². The topological polar surface area (TPSA) is 55.8 Å². The monoisotopic (exact) mass is 286 g/mol. The zero-order valence-corrected chi connectivity index (χ0v) is 12.1. The van der Waals surface area contributed by atoms with Gasteiger partial charge in [-0.25, -0.2) is 0 Å². The molecule has 0 aliphatic carbocycles. The summed E-state index contributed by atoms with van der Waals surface area (Å²) in [5.74, 6) is 0.600. The van der Waals surface area contributed by atoms with Crippen molar-refractivity contribution in [2.24, 2.45) is 0 Å². The number of carbonyl (C=O) groups is 1. The second kappa shape index (κ2) is 6.79. The molecular formula is C17H18O4. The standard InChI is InChI=1S/C17H18O4/c1-20-15-9-8-14(11-16(15)21-2)13-6-3-12(4-7-13)5-10-17(18)19/h3-4,6-9,11H,5,10H2,1-2H3,(H,18,19). The lowest BCUT2D eigenvalue weighted by Gasteiger charge is -2.10. The first kappa shape index (κ1) is 14.9. The molecule has 1 N–H and O–H groups in total. The van der Waals surface area contributed by atoms with Crippen molar-refractivity contribution in [1.29, 1.82) is 0 Å². The molecule has 0 fully saturated rings. The quantitative estimate of drug-likeness (QED) is 0.884. The van der Waals surface area contributed by atoms with Crippen molar-refractivity contribution in [3.8, 4) is 22.6 Å². The number of rotatable bonds is 6. The molecule has 0 radical (unpaired) electrons. The van der Waals surface area contributed by atoms with Gasteiger partial charge in [-0.15, -0.1) is 0 Å². The van der Waals surface area contributed by atoms with Crippen LogP contribution in [-0.2, 0) is 11.2 Å². The van der Waals surface area contributed by atoms with E-state index >= 15 is 0 Å². The molecular weight excluding hydrogens is 268 g/mol. The van der Waals surface area contributed by atoms with Crippen molar-refractivity contribution in [2.45, 2.75) is 12.8 Å². The van der Waals surface area contributed by atoms with Crippen LogP contribution in [-0.4, -0.2) is 25.3 Å². The van der Waals surface area contributed by atoms with Crippen molar-refractivity contribution in [1.82, 2.24) is 0 Å². The Hall–Kier alpha value is -2.49. The van der Waals surface area contributed by atoms with Gasteiger partial charge < -0.3 is 14.6 Å². The molecule has 0 aliphatic rings. The maximum Gasteiger partial charge on any atom is 0.303 e. The lowest BCUT2D eigenvalue weighted by molar-refractivity contribution is -0.136. The summed E-state index contributed by atoms with van der Waals surface area (Å²) >= 11 is 0. The summed E-state index contributed by atoms with van der Waals surface area (Å²) in [5.41, 5.74) is 3.09. The molecule has 0 aromatic heterocycles. The first-order chi connectivity index (χ1) is 10.1. The fraction of sp³-hybridized carbons (Fsp3) is 0.235. The molecule has 0 unspecified atom stereocenters. The molecule has 0 saturated carbocycles. The molecule has 0 atom stereocenters. The minimum Gasteiger partial charge on any atom is -0.493 e. The highest BCUT2D eigenvalue weighted by Crippen LogP contribution is 2.32. The van der Waals surface area contributed by atoms with E-state index in [9.17, 15) is 4.79 Å². The summed E-state index contributed by atoms with van der Waals surface area (Å²) in [6.07, 6.45) is 0.692. The number of methoxy groups -OCH3 is 2. The van der Waals surface area contributed by atoms with Crippen molar-refractivity contribution in [3.63, 3.8) is 0 Å². The Kier molecular flexibility index (Phi) is 4.82. The Labute approximate surface area is 123 Å². The third kappa shape index (κ3) is 3.75. The summed E-state index contributed by atoms with van der Waals surface area (Å²) in [4.78, 5) is 10.6. The van der Waals surface area contributed by atoms with Crippen LogP contribution in [0.4, 0.5) is 0 Å². The van der Waals surface area contributed by atoms with Crippen LogP contribution in [0, 0.1) is 0 Å². The van der Waals surface area contributed by atoms with Gasteiger partial charge in [0, 0.05) is 6.42 Å². The lowest BCUT2D eigenvalue weighted by Crippen LogP contribution is -1.97. The number of carboxylic acid groups (broad SMARTS) is 1. The van der Waals surface area contributed by atoms with Gasteiger partial charge in [0.1, 0.15) is 0 Å². The van der Waals surface area contributed by atoms with Crippen molar-refractivity contribution in [3.05, 3.63) is 48.0 Å². The smallest absolute Gasteiger partial charge is 0.303 e.